The van der Waals surface area contributed by atoms with Crippen LogP contribution in [0.4, 0.5) is 11.5 Å². The molecular formula is C35H35N5O. The number of anilines is 2. The Balaban J connectivity index is 1.06. The van der Waals surface area contributed by atoms with Crippen LogP contribution < -0.4 is 10.1 Å². The molecule has 1 saturated carbocycles. The molecule has 6 nitrogen and oxygen atoms in total. The average molecular weight is 542 g/mol. The van der Waals surface area contributed by atoms with Crippen LogP contribution in [-0.4, -0.2) is 53.0 Å². The summed E-state index contributed by atoms with van der Waals surface area (Å²) in [7, 11) is 4.43. The number of piperidine rings is 1. The molecule has 5 aromatic rings. The fourth-order valence-electron chi connectivity index (χ4n) is 6.47. The van der Waals surface area contributed by atoms with Crippen molar-refractivity contribution in [3.05, 3.63) is 108 Å². The van der Waals surface area contributed by atoms with Crippen molar-refractivity contribution in [1.82, 2.24) is 19.8 Å². The molecule has 0 radical (unpaired) electrons. The molecule has 1 saturated heterocycles. The molecule has 1 N–H and O–H groups in total. The van der Waals surface area contributed by atoms with E-state index in [1.54, 1.807) is 6.33 Å². The van der Waals surface area contributed by atoms with Gasteiger partial charge in [0.15, 0.2) is 0 Å². The van der Waals surface area contributed by atoms with E-state index < -0.39 is 0 Å². The van der Waals surface area contributed by atoms with Crippen molar-refractivity contribution >= 4 is 22.4 Å². The second-order valence-corrected chi connectivity index (χ2v) is 11.6. The molecule has 206 valence electrons. The fourth-order valence-corrected chi connectivity index (χ4v) is 6.47. The van der Waals surface area contributed by atoms with Crippen LogP contribution in [0.1, 0.15) is 11.1 Å². The molecule has 41 heavy (non-hydrogen) atoms. The second-order valence-electron chi connectivity index (χ2n) is 11.6. The van der Waals surface area contributed by atoms with Crippen molar-refractivity contribution in [1.29, 1.82) is 0 Å². The van der Waals surface area contributed by atoms with Crippen LogP contribution in [0.5, 0.6) is 11.5 Å². The Morgan fingerprint density at radius 1 is 0.854 bits per heavy atom. The van der Waals surface area contributed by atoms with Crippen LogP contribution in [0.15, 0.2) is 97.3 Å². The first-order valence-corrected chi connectivity index (χ1v) is 14.4. The minimum absolute atomic E-state index is 0.785. The Bertz CT molecular complexity index is 1670. The number of aromatic nitrogens is 2. The first-order valence-electron chi connectivity index (χ1n) is 14.4. The zero-order valence-electron chi connectivity index (χ0n) is 23.8. The summed E-state index contributed by atoms with van der Waals surface area (Å²) < 4.78 is 6.06. The van der Waals surface area contributed by atoms with E-state index in [4.69, 9.17) is 4.74 Å². The van der Waals surface area contributed by atoms with Crippen LogP contribution in [0.2, 0.25) is 0 Å². The van der Waals surface area contributed by atoms with Gasteiger partial charge in [-0.15, -0.1) is 0 Å². The minimum Gasteiger partial charge on any atom is -0.457 e. The Morgan fingerprint density at radius 3 is 2.34 bits per heavy atom. The normalized spacial score (nSPS) is 19.9. The molecule has 2 heterocycles. The van der Waals surface area contributed by atoms with E-state index in [9.17, 15) is 0 Å². The van der Waals surface area contributed by atoms with Crippen LogP contribution >= 0.6 is 0 Å². The average Bonchev–Trinajstić information content (AvgIpc) is 3.51. The number of fused-ring (bicyclic) bond motifs is 2. The van der Waals surface area contributed by atoms with Gasteiger partial charge in [-0.25, -0.2) is 9.97 Å². The van der Waals surface area contributed by atoms with Gasteiger partial charge < -0.3 is 15.0 Å². The molecule has 4 aromatic carbocycles. The number of hydrogen-bond acceptors (Lipinski definition) is 6. The van der Waals surface area contributed by atoms with Gasteiger partial charge in [0.05, 0.1) is 5.52 Å². The molecule has 1 aromatic heterocycles. The Hall–Kier alpha value is -4.26. The maximum atomic E-state index is 6.06. The Kier molecular flexibility index (Phi) is 6.65. The zero-order valence-corrected chi connectivity index (χ0v) is 23.8. The largest absolute Gasteiger partial charge is 0.457 e. The summed E-state index contributed by atoms with van der Waals surface area (Å²) >= 11 is 0. The quantitative estimate of drug-likeness (QED) is 0.226. The number of benzene rings is 4. The molecule has 1 aliphatic heterocycles. The van der Waals surface area contributed by atoms with E-state index in [0.29, 0.717) is 0 Å². The summed E-state index contributed by atoms with van der Waals surface area (Å²) in [5.41, 5.74) is 6.63. The summed E-state index contributed by atoms with van der Waals surface area (Å²) in [5.74, 6) is 4.16. The van der Waals surface area contributed by atoms with Crippen molar-refractivity contribution in [2.24, 2.45) is 11.8 Å². The lowest BCUT2D eigenvalue weighted by molar-refractivity contribution is 0.244. The van der Waals surface area contributed by atoms with Gasteiger partial charge in [0.2, 0.25) is 0 Å². The number of aryl methyl sites for hydroxylation is 1. The third kappa shape index (κ3) is 5.29. The Labute approximate surface area is 241 Å². The zero-order chi connectivity index (χ0) is 27.9. The highest BCUT2D eigenvalue weighted by molar-refractivity contribution is 5.93. The highest BCUT2D eigenvalue weighted by Gasteiger charge is 2.56. The van der Waals surface area contributed by atoms with Crippen molar-refractivity contribution in [3.63, 3.8) is 0 Å². The minimum atomic E-state index is 0.785. The van der Waals surface area contributed by atoms with Gasteiger partial charge in [0.25, 0.3) is 0 Å². The van der Waals surface area contributed by atoms with Crippen molar-refractivity contribution < 1.29 is 4.74 Å². The Morgan fingerprint density at radius 2 is 1.61 bits per heavy atom. The lowest BCUT2D eigenvalue weighted by Gasteiger charge is -2.22. The van der Waals surface area contributed by atoms with Crippen LogP contribution in [0.25, 0.3) is 22.0 Å². The van der Waals surface area contributed by atoms with Gasteiger partial charge in [0.1, 0.15) is 23.6 Å². The molecular weight excluding hydrogens is 506 g/mol. The van der Waals surface area contributed by atoms with Gasteiger partial charge in [-0.1, -0.05) is 48.5 Å². The van der Waals surface area contributed by atoms with Crippen LogP contribution in [0.3, 0.4) is 0 Å². The van der Waals surface area contributed by atoms with E-state index in [-0.39, 0.29) is 0 Å². The van der Waals surface area contributed by atoms with Crippen LogP contribution in [0, 0.1) is 18.8 Å². The predicted octanol–water partition coefficient (Wildman–Crippen LogP) is 7.13. The van der Waals surface area contributed by atoms with E-state index >= 15 is 0 Å². The van der Waals surface area contributed by atoms with E-state index in [1.165, 1.54) is 24.2 Å². The first-order chi connectivity index (χ1) is 20.0. The van der Waals surface area contributed by atoms with Crippen LogP contribution in [-0.2, 0) is 6.54 Å². The van der Waals surface area contributed by atoms with Crippen molar-refractivity contribution in [3.8, 4) is 22.6 Å². The fraction of sp³-hybridized carbons (Fsp3) is 0.257. The SMILES string of the molecule is Cc1cc(Nc2ncnc3ccc(-c4ccc(CN5CC6C(C5)C6N(C)C)cc4)cc23)ccc1Oc1ccccc1. The predicted molar refractivity (Wildman–Crippen MR) is 166 cm³/mol. The third-order valence-electron chi connectivity index (χ3n) is 8.56. The lowest BCUT2D eigenvalue weighted by Crippen LogP contribution is -2.30. The molecule has 0 amide bonds. The molecule has 2 atom stereocenters. The van der Waals surface area contributed by atoms with Gasteiger partial charge in [-0.2, -0.15) is 0 Å². The molecule has 2 fully saturated rings. The van der Waals surface area contributed by atoms with E-state index in [0.717, 1.165) is 69.5 Å². The second kappa shape index (κ2) is 10.6. The molecule has 0 spiro atoms. The number of nitrogens with one attached hydrogen (secondary N) is 1. The monoisotopic (exact) mass is 541 g/mol. The maximum absolute atomic E-state index is 6.06. The topological polar surface area (TPSA) is 53.5 Å². The number of hydrogen-bond donors (Lipinski definition) is 1. The van der Waals surface area contributed by atoms with Crippen molar-refractivity contribution in [2.45, 2.75) is 19.5 Å². The third-order valence-corrected chi connectivity index (χ3v) is 8.56. The molecule has 2 unspecified atom stereocenters. The van der Waals surface area contributed by atoms with Gasteiger partial charge in [-0.05, 0) is 97.6 Å². The number of likely N-dealkylation sites (tertiary alicyclic amines) is 1. The number of para-hydroxylation sites is 1. The summed E-state index contributed by atoms with van der Waals surface area (Å²) in [4.78, 5) is 14.1. The molecule has 6 heteroatoms. The number of rotatable bonds is 8. The van der Waals surface area contributed by atoms with Gasteiger partial charge >= 0.3 is 0 Å². The highest BCUT2D eigenvalue weighted by Crippen LogP contribution is 2.48. The van der Waals surface area contributed by atoms with Crippen molar-refractivity contribution in [2.75, 3.05) is 32.5 Å². The highest BCUT2D eigenvalue weighted by atomic mass is 16.5. The first kappa shape index (κ1) is 25.7. The van der Waals surface area contributed by atoms with Gasteiger partial charge in [0, 0.05) is 36.7 Å². The number of nitrogens with zero attached hydrogens (tertiary/aromatic N) is 4. The molecule has 7 rings (SSSR count). The van der Waals surface area contributed by atoms with E-state index in [2.05, 4.69) is 94.6 Å². The van der Waals surface area contributed by atoms with E-state index in [1.807, 2.05) is 42.5 Å². The lowest BCUT2D eigenvalue weighted by atomic mass is 10.0. The summed E-state index contributed by atoms with van der Waals surface area (Å²) in [6.07, 6.45) is 1.61. The molecule has 0 bridgehead atoms. The standard InChI is InChI=1S/C35H35N5O/c1-23-17-27(14-16-33(23)41-28-7-5-4-6-8-28)38-35-29-18-26(13-15-32(29)36-22-37-35)25-11-9-24(10-12-25)19-40-20-30-31(21-40)34(30)39(2)3/h4-18,22,30-31,34H,19-21H2,1-3H3,(H,36,37,38). The summed E-state index contributed by atoms with van der Waals surface area (Å²) in [5, 5.41) is 4.50. The summed E-state index contributed by atoms with van der Waals surface area (Å²) in [6.45, 7) is 5.52. The summed E-state index contributed by atoms with van der Waals surface area (Å²) in [6, 6.07) is 32.2. The van der Waals surface area contributed by atoms with Gasteiger partial charge in [-0.3, -0.25) is 4.90 Å². The smallest absolute Gasteiger partial charge is 0.141 e. The molecule has 1 aliphatic carbocycles. The number of ether oxygens (including phenoxy) is 1. The molecule has 2 aliphatic rings. The maximum Gasteiger partial charge on any atom is 0.141 e.